The Morgan fingerprint density at radius 2 is 1.90 bits per heavy atom. The maximum Gasteiger partial charge on any atom is 0.415 e. The van der Waals surface area contributed by atoms with Crippen molar-refractivity contribution in [2.75, 3.05) is 25.3 Å². The third kappa shape index (κ3) is 4.60. The van der Waals surface area contributed by atoms with Gasteiger partial charge in [0.15, 0.2) is 0 Å². The van der Waals surface area contributed by atoms with E-state index >= 15 is 0 Å². The van der Waals surface area contributed by atoms with Crippen molar-refractivity contribution in [1.82, 2.24) is 4.98 Å². The molecule has 0 aliphatic heterocycles. The van der Waals surface area contributed by atoms with Crippen molar-refractivity contribution >= 4 is 40.3 Å². The predicted octanol–water partition coefficient (Wildman–Crippen LogP) is 3.46. The number of hydrogen-bond donors (Lipinski definition) is 0. The second kappa shape index (κ2) is 5.86. The van der Waals surface area contributed by atoms with Crippen molar-refractivity contribution < 1.29 is 14.1 Å². The van der Waals surface area contributed by atoms with Gasteiger partial charge < -0.3 is 9.30 Å². The van der Waals surface area contributed by atoms with Gasteiger partial charge in [-0.3, -0.25) is 4.90 Å². The SMILES string of the molecule is CN(C(=O)OC(C)(C)C)c1nc(Br)ccc1P(C)(C)=O. The standard InChI is InChI=1S/C13H20BrN2O3P/c1-13(2,3)19-12(17)16(4)11-9(20(5,6)18)7-8-10(14)15-11/h7-8H,1-6H3. The predicted molar refractivity (Wildman–Crippen MR) is 85.7 cm³/mol. The van der Waals surface area contributed by atoms with Crippen molar-refractivity contribution in [3.05, 3.63) is 16.7 Å². The van der Waals surface area contributed by atoms with Gasteiger partial charge in [-0.05, 0) is 62.2 Å². The Morgan fingerprint density at radius 1 is 1.35 bits per heavy atom. The quantitative estimate of drug-likeness (QED) is 0.597. The van der Waals surface area contributed by atoms with Crippen LogP contribution in [-0.2, 0) is 9.30 Å². The van der Waals surface area contributed by atoms with Gasteiger partial charge in [0.2, 0.25) is 0 Å². The van der Waals surface area contributed by atoms with Crippen LogP contribution in [0.5, 0.6) is 0 Å². The Kier molecular flexibility index (Phi) is 5.03. The summed E-state index contributed by atoms with van der Waals surface area (Å²) in [5.74, 6) is 0.349. The lowest BCUT2D eigenvalue weighted by Crippen LogP contribution is -2.37. The lowest BCUT2D eigenvalue weighted by atomic mass is 10.2. The molecule has 1 aromatic heterocycles. The molecule has 0 aliphatic rings. The van der Waals surface area contributed by atoms with Gasteiger partial charge in [0.05, 0.1) is 5.30 Å². The minimum atomic E-state index is -2.55. The van der Waals surface area contributed by atoms with E-state index in [0.717, 1.165) is 0 Å². The van der Waals surface area contributed by atoms with Gasteiger partial charge in [0, 0.05) is 7.05 Å². The molecule has 0 N–H and O–H groups in total. The van der Waals surface area contributed by atoms with Crippen LogP contribution in [0.15, 0.2) is 16.7 Å². The fourth-order valence-corrected chi connectivity index (χ4v) is 2.92. The van der Waals surface area contributed by atoms with Crippen LogP contribution in [0.25, 0.3) is 0 Å². The first-order valence-corrected chi connectivity index (χ1v) is 9.50. The zero-order valence-electron chi connectivity index (χ0n) is 12.6. The van der Waals surface area contributed by atoms with E-state index < -0.39 is 18.8 Å². The van der Waals surface area contributed by atoms with Crippen LogP contribution in [0.4, 0.5) is 10.6 Å². The highest BCUT2D eigenvalue weighted by Gasteiger charge is 2.26. The van der Waals surface area contributed by atoms with Gasteiger partial charge in [-0.25, -0.2) is 9.78 Å². The molecule has 1 heterocycles. The Hall–Kier alpha value is -0.870. The molecule has 0 aromatic carbocycles. The Morgan fingerprint density at radius 3 is 2.35 bits per heavy atom. The summed E-state index contributed by atoms with van der Waals surface area (Å²) in [6, 6.07) is 3.43. The van der Waals surface area contributed by atoms with E-state index in [1.54, 1.807) is 53.3 Å². The molecule has 5 nitrogen and oxygen atoms in total. The molecule has 1 rings (SSSR count). The molecular weight excluding hydrogens is 343 g/mol. The molecule has 0 bridgehead atoms. The summed E-state index contributed by atoms with van der Waals surface area (Å²) in [7, 11) is -0.996. The molecule has 0 saturated carbocycles. The van der Waals surface area contributed by atoms with Gasteiger partial charge in [-0.1, -0.05) is 0 Å². The number of carbonyl (C=O) groups is 1. The summed E-state index contributed by atoms with van der Waals surface area (Å²) in [6.07, 6.45) is -0.530. The Bertz CT molecular complexity index is 563. The third-order valence-corrected chi connectivity index (χ3v) is 4.34. The largest absolute Gasteiger partial charge is 0.443 e. The van der Waals surface area contributed by atoms with Crippen molar-refractivity contribution in [2.45, 2.75) is 26.4 Å². The number of hydrogen-bond acceptors (Lipinski definition) is 4. The van der Waals surface area contributed by atoms with Gasteiger partial charge in [-0.2, -0.15) is 0 Å². The van der Waals surface area contributed by atoms with Crippen LogP contribution >= 0.6 is 23.1 Å². The van der Waals surface area contributed by atoms with Gasteiger partial charge in [0.25, 0.3) is 0 Å². The number of ether oxygens (including phenoxy) is 1. The average molecular weight is 363 g/mol. The maximum atomic E-state index is 12.3. The number of pyridine rings is 1. The lowest BCUT2D eigenvalue weighted by molar-refractivity contribution is 0.0588. The molecule has 0 fully saturated rings. The minimum Gasteiger partial charge on any atom is -0.443 e. The number of aromatic nitrogens is 1. The fraction of sp³-hybridized carbons (Fsp3) is 0.538. The number of rotatable bonds is 2. The monoisotopic (exact) mass is 362 g/mol. The van der Waals surface area contributed by atoms with Crippen molar-refractivity contribution in [3.63, 3.8) is 0 Å². The van der Waals surface area contributed by atoms with Crippen LogP contribution in [0.1, 0.15) is 20.8 Å². The smallest absolute Gasteiger partial charge is 0.415 e. The van der Waals surface area contributed by atoms with Crippen LogP contribution in [-0.4, -0.2) is 37.1 Å². The lowest BCUT2D eigenvalue weighted by Gasteiger charge is -2.26. The minimum absolute atomic E-state index is 0.349. The van der Waals surface area contributed by atoms with Gasteiger partial charge >= 0.3 is 6.09 Å². The third-order valence-electron chi connectivity index (χ3n) is 2.39. The first-order chi connectivity index (χ1) is 8.92. The number of halogens is 1. The molecule has 0 atom stereocenters. The normalized spacial score (nSPS) is 12.2. The number of carbonyl (C=O) groups excluding carboxylic acids is 1. The number of amides is 1. The molecule has 0 spiro atoms. The second-order valence-electron chi connectivity index (χ2n) is 5.87. The van der Waals surface area contributed by atoms with Gasteiger partial charge in [-0.15, -0.1) is 0 Å². The molecule has 0 saturated heterocycles. The highest BCUT2D eigenvalue weighted by Crippen LogP contribution is 2.38. The first-order valence-electron chi connectivity index (χ1n) is 6.10. The van der Waals surface area contributed by atoms with E-state index in [2.05, 4.69) is 20.9 Å². The average Bonchev–Trinajstić information content (AvgIpc) is 2.23. The van der Waals surface area contributed by atoms with E-state index in [1.807, 2.05) is 0 Å². The second-order valence-corrected chi connectivity index (χ2v) is 9.86. The summed E-state index contributed by atoms with van der Waals surface area (Å²) in [5.41, 5.74) is -0.598. The summed E-state index contributed by atoms with van der Waals surface area (Å²) < 4.78 is 18.2. The number of anilines is 1. The highest BCUT2D eigenvalue weighted by molar-refractivity contribution is 9.10. The first kappa shape index (κ1) is 17.2. The van der Waals surface area contributed by atoms with Gasteiger partial charge in [0.1, 0.15) is 23.2 Å². The maximum absolute atomic E-state index is 12.3. The van der Waals surface area contributed by atoms with Crippen molar-refractivity contribution in [2.24, 2.45) is 0 Å². The Balaban J connectivity index is 3.21. The molecule has 7 heteroatoms. The summed E-state index contributed by atoms with van der Waals surface area (Å²) in [4.78, 5) is 17.7. The van der Waals surface area contributed by atoms with E-state index in [-0.39, 0.29) is 0 Å². The zero-order valence-corrected chi connectivity index (χ0v) is 15.1. The summed E-state index contributed by atoms with van der Waals surface area (Å²) >= 11 is 3.26. The molecule has 1 amide bonds. The Labute approximate surface area is 128 Å². The molecular formula is C13H20BrN2O3P. The van der Waals surface area contributed by atoms with E-state index in [4.69, 9.17) is 4.74 Å². The topological polar surface area (TPSA) is 59.5 Å². The zero-order chi connectivity index (χ0) is 15.7. The molecule has 0 radical (unpaired) electrons. The van der Waals surface area contributed by atoms with E-state index in [0.29, 0.717) is 15.7 Å². The van der Waals surface area contributed by atoms with E-state index in [1.165, 1.54) is 4.90 Å². The van der Waals surface area contributed by atoms with E-state index in [9.17, 15) is 9.36 Å². The molecule has 0 aliphatic carbocycles. The molecule has 112 valence electrons. The van der Waals surface area contributed by atoms with Crippen LogP contribution in [0, 0.1) is 0 Å². The van der Waals surface area contributed by atoms with Crippen LogP contribution in [0.3, 0.4) is 0 Å². The summed E-state index contributed by atoms with van der Waals surface area (Å²) in [6.45, 7) is 8.66. The molecule has 1 aromatic rings. The van der Waals surface area contributed by atoms with Crippen LogP contribution in [0.2, 0.25) is 0 Å². The van der Waals surface area contributed by atoms with Crippen molar-refractivity contribution in [3.8, 4) is 0 Å². The summed E-state index contributed by atoms with van der Waals surface area (Å²) in [5, 5.41) is 0.550. The highest BCUT2D eigenvalue weighted by atomic mass is 79.9. The molecule has 20 heavy (non-hydrogen) atoms. The molecule has 0 unspecified atom stereocenters. The number of nitrogens with zero attached hydrogens (tertiary/aromatic N) is 2. The van der Waals surface area contributed by atoms with Crippen LogP contribution < -0.4 is 10.2 Å². The fourth-order valence-electron chi connectivity index (χ4n) is 1.50. The van der Waals surface area contributed by atoms with Crippen molar-refractivity contribution in [1.29, 1.82) is 0 Å².